The Morgan fingerprint density at radius 3 is 2.52 bits per heavy atom. The van der Waals surface area contributed by atoms with Gasteiger partial charge >= 0.3 is 129 Å². The van der Waals surface area contributed by atoms with Crippen molar-refractivity contribution in [2.24, 2.45) is 0 Å². The zero-order valence-electron chi connectivity index (χ0n) is 11.8. The van der Waals surface area contributed by atoms with Crippen LogP contribution in [0.25, 0.3) is 10.8 Å². The summed E-state index contributed by atoms with van der Waals surface area (Å²) < 4.78 is 5.20. The Labute approximate surface area is 129 Å². The summed E-state index contributed by atoms with van der Waals surface area (Å²) >= 11 is -0.514. The van der Waals surface area contributed by atoms with Gasteiger partial charge in [-0.15, -0.1) is 0 Å². The number of hydrogen-bond donors (Lipinski definition) is 1. The van der Waals surface area contributed by atoms with Gasteiger partial charge in [0, 0.05) is 0 Å². The summed E-state index contributed by atoms with van der Waals surface area (Å²) in [6.07, 6.45) is 0. The topological polar surface area (TPSA) is 63.6 Å². The van der Waals surface area contributed by atoms with Crippen LogP contribution in [0.5, 0.6) is 5.75 Å². The normalized spacial score (nSPS) is 12.1. The number of benzene rings is 2. The zero-order valence-corrected chi connectivity index (χ0v) is 13.5. The molecular weight excluding hydrogens is 335 g/mol. The molecule has 4 nitrogen and oxygen atoms in total. The number of fused-ring (bicyclic) bond motifs is 1. The molecule has 110 valence electrons. The van der Waals surface area contributed by atoms with Crippen LogP contribution < -0.4 is 4.74 Å². The number of methoxy groups -OCH3 is 1. The van der Waals surface area contributed by atoms with E-state index in [4.69, 9.17) is 9.84 Å². The van der Waals surface area contributed by atoms with Gasteiger partial charge in [0.1, 0.15) is 0 Å². The van der Waals surface area contributed by atoms with Crippen molar-refractivity contribution in [2.45, 2.75) is 18.2 Å². The first-order valence-corrected chi connectivity index (χ1v) is 8.54. The molecule has 21 heavy (non-hydrogen) atoms. The quantitative estimate of drug-likeness (QED) is 0.813. The van der Waals surface area contributed by atoms with Crippen molar-refractivity contribution < 1.29 is 19.4 Å². The Morgan fingerprint density at radius 1 is 1.19 bits per heavy atom. The van der Waals surface area contributed by atoms with Crippen LogP contribution in [0.2, 0.25) is 5.32 Å². The second-order valence-electron chi connectivity index (χ2n) is 4.70. The summed E-state index contributed by atoms with van der Waals surface area (Å²) in [6, 6.07) is 11.6. The number of rotatable bonds is 6. The Morgan fingerprint density at radius 2 is 1.86 bits per heavy atom. The molecule has 0 amide bonds. The van der Waals surface area contributed by atoms with Crippen molar-refractivity contribution >= 4 is 36.4 Å². The molecular formula is C16H16O4Se. The van der Waals surface area contributed by atoms with Crippen molar-refractivity contribution in [1.29, 1.82) is 0 Å². The van der Waals surface area contributed by atoms with E-state index in [0.717, 1.165) is 22.1 Å². The van der Waals surface area contributed by atoms with E-state index in [1.165, 1.54) is 0 Å². The van der Waals surface area contributed by atoms with E-state index >= 15 is 0 Å². The molecule has 0 radical (unpaired) electrons. The van der Waals surface area contributed by atoms with E-state index in [-0.39, 0.29) is 15.9 Å². The van der Waals surface area contributed by atoms with Crippen LogP contribution >= 0.6 is 0 Å². The van der Waals surface area contributed by atoms with E-state index in [1.807, 2.05) is 43.3 Å². The van der Waals surface area contributed by atoms with E-state index in [1.54, 1.807) is 7.11 Å². The third kappa shape index (κ3) is 3.84. The molecule has 2 aromatic carbocycles. The third-order valence-corrected chi connectivity index (χ3v) is 5.42. The van der Waals surface area contributed by atoms with Gasteiger partial charge in [-0.1, -0.05) is 0 Å². The van der Waals surface area contributed by atoms with Gasteiger partial charge in [0.05, 0.1) is 0 Å². The molecule has 0 aliphatic heterocycles. The molecule has 0 aliphatic rings. The summed E-state index contributed by atoms with van der Waals surface area (Å²) in [5.74, 6) is -0.388. The fraction of sp³-hybridized carbons (Fsp3) is 0.250. The van der Waals surface area contributed by atoms with Crippen LogP contribution in [0.3, 0.4) is 0 Å². The standard InChI is InChI=1S/C16H16O4Se/c1-10(16(19)21-9-15(17)18)11-3-4-13-8-14(20-2)6-5-12(13)7-11/h3-8,10H,9H2,1-2H3,(H,17,18)/t10-/m0/s1. The van der Waals surface area contributed by atoms with Crippen molar-refractivity contribution in [3.63, 3.8) is 0 Å². The molecule has 0 bridgehead atoms. The van der Waals surface area contributed by atoms with Gasteiger partial charge in [0.2, 0.25) is 0 Å². The summed E-state index contributed by atoms with van der Waals surface area (Å²) in [5.41, 5.74) is 0.921. The Hall–Kier alpha value is -1.84. The van der Waals surface area contributed by atoms with Crippen LogP contribution in [-0.2, 0) is 9.59 Å². The number of carbonyl (C=O) groups is 2. The predicted molar refractivity (Wildman–Crippen MR) is 82.1 cm³/mol. The fourth-order valence-corrected chi connectivity index (χ4v) is 3.40. The van der Waals surface area contributed by atoms with Gasteiger partial charge < -0.3 is 0 Å². The molecule has 0 saturated carbocycles. The minimum absolute atomic E-state index is 0.0118. The van der Waals surface area contributed by atoms with Gasteiger partial charge in [-0.2, -0.15) is 0 Å². The van der Waals surface area contributed by atoms with E-state index in [9.17, 15) is 9.59 Å². The van der Waals surface area contributed by atoms with Crippen LogP contribution in [0.4, 0.5) is 0 Å². The second kappa shape index (κ2) is 6.74. The predicted octanol–water partition coefficient (Wildman–Crippen LogP) is 2.69. The van der Waals surface area contributed by atoms with Gasteiger partial charge in [-0.25, -0.2) is 0 Å². The van der Waals surface area contributed by atoms with Crippen molar-refractivity contribution in [2.75, 3.05) is 7.11 Å². The molecule has 0 spiro atoms. The van der Waals surface area contributed by atoms with E-state index < -0.39 is 20.9 Å². The maximum absolute atomic E-state index is 12.0. The van der Waals surface area contributed by atoms with E-state index in [2.05, 4.69) is 0 Å². The van der Waals surface area contributed by atoms with Crippen LogP contribution in [0.1, 0.15) is 18.4 Å². The summed E-state index contributed by atoms with van der Waals surface area (Å²) in [7, 11) is 1.63. The summed E-state index contributed by atoms with van der Waals surface area (Å²) in [4.78, 5) is 22.6. The third-order valence-electron chi connectivity index (χ3n) is 3.26. The first-order chi connectivity index (χ1) is 10.0. The van der Waals surface area contributed by atoms with Gasteiger partial charge in [-0.05, 0) is 0 Å². The monoisotopic (exact) mass is 352 g/mol. The molecule has 0 fully saturated rings. The molecule has 2 aromatic rings. The van der Waals surface area contributed by atoms with Crippen LogP contribution in [-0.4, -0.2) is 37.8 Å². The summed E-state index contributed by atoms with van der Waals surface area (Å²) in [6.45, 7) is 1.83. The Kier molecular flexibility index (Phi) is 4.99. The zero-order chi connectivity index (χ0) is 15.4. The maximum atomic E-state index is 12.0. The number of hydrogen-bond acceptors (Lipinski definition) is 3. The first-order valence-electron chi connectivity index (χ1n) is 6.47. The number of carboxylic acid groups (broad SMARTS) is 1. The van der Waals surface area contributed by atoms with Crippen molar-refractivity contribution in [3.05, 3.63) is 42.0 Å². The van der Waals surface area contributed by atoms with Crippen LogP contribution in [0.15, 0.2) is 36.4 Å². The van der Waals surface area contributed by atoms with Crippen molar-refractivity contribution in [3.8, 4) is 5.75 Å². The van der Waals surface area contributed by atoms with Gasteiger partial charge in [-0.3, -0.25) is 0 Å². The van der Waals surface area contributed by atoms with Crippen molar-refractivity contribution in [1.82, 2.24) is 0 Å². The molecule has 1 atom stereocenters. The molecule has 0 unspecified atom stereocenters. The molecule has 2 rings (SSSR count). The number of carboxylic acids is 1. The molecule has 5 heteroatoms. The second-order valence-corrected chi connectivity index (χ2v) is 6.75. The first kappa shape index (κ1) is 15.5. The Balaban J connectivity index is 2.21. The average molecular weight is 351 g/mol. The molecule has 0 aliphatic carbocycles. The van der Waals surface area contributed by atoms with Gasteiger partial charge in [0.25, 0.3) is 0 Å². The summed E-state index contributed by atoms with van der Waals surface area (Å²) in [5, 5.41) is 10.7. The number of carbonyl (C=O) groups excluding carboxylic acids is 1. The number of aliphatic carboxylic acids is 1. The van der Waals surface area contributed by atoms with Crippen LogP contribution in [0, 0.1) is 0 Å². The Bertz CT molecular complexity index is 681. The average Bonchev–Trinajstić information content (AvgIpc) is 2.50. The molecule has 0 saturated heterocycles. The molecule has 0 heterocycles. The SMILES string of the molecule is COc1ccc2cc([C@H](C)C(=O)[Se]CC(=O)O)ccc2c1. The van der Waals surface area contributed by atoms with E-state index in [0.29, 0.717) is 0 Å². The fourth-order valence-electron chi connectivity index (χ4n) is 2.03. The van der Waals surface area contributed by atoms with Gasteiger partial charge in [0.15, 0.2) is 0 Å². The molecule has 0 aromatic heterocycles. The number of ether oxygens (including phenoxy) is 1. The molecule has 1 N–H and O–H groups in total. The minimum atomic E-state index is -0.916.